The molecule has 1 aromatic carbocycles. The van der Waals surface area contributed by atoms with Crippen LogP contribution in [-0.4, -0.2) is 20.2 Å². The maximum absolute atomic E-state index is 12.2. The lowest BCUT2D eigenvalue weighted by atomic mass is 10.1. The standard InChI is InChI=1S/C13H16N2O2S/c1-2-10-5-6-12-13(8-10)18(16,17)9-11(15-12)4-3-7-14/h5-6,8,11,15H,2-4,9H2,1H3. The van der Waals surface area contributed by atoms with Crippen molar-refractivity contribution in [3.05, 3.63) is 23.8 Å². The van der Waals surface area contributed by atoms with Crippen LogP contribution in [0.3, 0.4) is 0 Å². The van der Waals surface area contributed by atoms with E-state index in [1.54, 1.807) is 6.07 Å². The summed E-state index contributed by atoms with van der Waals surface area (Å²) in [4.78, 5) is 0.398. The summed E-state index contributed by atoms with van der Waals surface area (Å²) in [5.41, 5.74) is 1.69. The van der Waals surface area contributed by atoms with E-state index in [4.69, 9.17) is 5.26 Å². The molecule has 0 saturated carbocycles. The number of rotatable bonds is 3. The molecule has 1 aromatic rings. The Labute approximate surface area is 108 Å². The molecule has 1 aliphatic heterocycles. The Balaban J connectivity index is 2.34. The molecule has 18 heavy (non-hydrogen) atoms. The summed E-state index contributed by atoms with van der Waals surface area (Å²) in [6, 6.07) is 7.40. The molecule has 1 unspecified atom stereocenters. The Kier molecular flexibility index (Phi) is 3.58. The molecule has 0 amide bonds. The first-order valence-electron chi connectivity index (χ1n) is 6.06. The van der Waals surface area contributed by atoms with Crippen LogP contribution in [0, 0.1) is 11.3 Å². The Hall–Kier alpha value is -1.54. The highest BCUT2D eigenvalue weighted by atomic mass is 32.2. The summed E-state index contributed by atoms with van der Waals surface area (Å²) in [7, 11) is -3.23. The zero-order chi connectivity index (χ0) is 13.2. The van der Waals surface area contributed by atoms with E-state index in [-0.39, 0.29) is 11.8 Å². The summed E-state index contributed by atoms with van der Waals surface area (Å²) in [6.07, 6.45) is 1.75. The Morgan fingerprint density at radius 1 is 1.50 bits per heavy atom. The van der Waals surface area contributed by atoms with Gasteiger partial charge in [-0.25, -0.2) is 8.42 Å². The van der Waals surface area contributed by atoms with Crippen molar-refractivity contribution < 1.29 is 8.42 Å². The van der Waals surface area contributed by atoms with E-state index in [2.05, 4.69) is 5.32 Å². The van der Waals surface area contributed by atoms with Crippen molar-refractivity contribution in [2.24, 2.45) is 0 Å². The monoisotopic (exact) mass is 264 g/mol. The molecule has 1 aliphatic rings. The molecule has 0 aliphatic carbocycles. The summed E-state index contributed by atoms with van der Waals surface area (Å²) in [5, 5.41) is 11.8. The molecule has 2 rings (SSSR count). The van der Waals surface area contributed by atoms with Crippen LogP contribution in [0.1, 0.15) is 25.3 Å². The topological polar surface area (TPSA) is 70.0 Å². The van der Waals surface area contributed by atoms with Gasteiger partial charge in [0, 0.05) is 12.5 Å². The second-order valence-electron chi connectivity index (χ2n) is 4.50. The molecule has 4 nitrogen and oxygen atoms in total. The van der Waals surface area contributed by atoms with Crippen molar-refractivity contribution in [3.8, 4) is 6.07 Å². The number of hydrogen-bond donors (Lipinski definition) is 1. The van der Waals surface area contributed by atoms with E-state index in [1.165, 1.54) is 0 Å². The van der Waals surface area contributed by atoms with Crippen LogP contribution in [0.15, 0.2) is 23.1 Å². The largest absolute Gasteiger partial charge is 0.380 e. The lowest BCUT2D eigenvalue weighted by molar-refractivity contribution is 0.580. The van der Waals surface area contributed by atoms with E-state index in [9.17, 15) is 8.42 Å². The summed E-state index contributed by atoms with van der Waals surface area (Å²) < 4.78 is 24.4. The Bertz CT molecular complexity index is 587. The van der Waals surface area contributed by atoms with E-state index in [0.29, 0.717) is 23.4 Å². The molecule has 5 heteroatoms. The van der Waals surface area contributed by atoms with Gasteiger partial charge in [-0.3, -0.25) is 0 Å². The number of sulfone groups is 1. The molecule has 0 radical (unpaired) electrons. The summed E-state index contributed by atoms with van der Waals surface area (Å²) >= 11 is 0. The molecule has 1 heterocycles. The molecule has 1 atom stereocenters. The van der Waals surface area contributed by atoms with Crippen molar-refractivity contribution in [1.29, 1.82) is 5.26 Å². The van der Waals surface area contributed by atoms with Gasteiger partial charge in [0.05, 0.1) is 22.4 Å². The van der Waals surface area contributed by atoms with Gasteiger partial charge in [-0.15, -0.1) is 0 Å². The van der Waals surface area contributed by atoms with Crippen molar-refractivity contribution in [2.45, 2.75) is 37.1 Å². The predicted molar refractivity (Wildman–Crippen MR) is 70.1 cm³/mol. The van der Waals surface area contributed by atoms with Gasteiger partial charge in [0.1, 0.15) is 0 Å². The first kappa shape index (κ1) is 12.9. The molecule has 96 valence electrons. The number of aryl methyl sites for hydroxylation is 1. The van der Waals surface area contributed by atoms with Gasteiger partial charge < -0.3 is 5.32 Å². The third kappa shape index (κ3) is 2.49. The normalized spacial score (nSPS) is 20.6. The molecule has 0 aromatic heterocycles. The number of hydrogen-bond acceptors (Lipinski definition) is 4. The van der Waals surface area contributed by atoms with Crippen LogP contribution < -0.4 is 5.32 Å². The molecule has 1 N–H and O–H groups in total. The van der Waals surface area contributed by atoms with E-state index in [1.807, 2.05) is 25.1 Å². The quantitative estimate of drug-likeness (QED) is 0.907. The lowest BCUT2D eigenvalue weighted by Gasteiger charge is -2.26. The van der Waals surface area contributed by atoms with Gasteiger partial charge in [-0.1, -0.05) is 13.0 Å². The van der Waals surface area contributed by atoms with Crippen molar-refractivity contribution >= 4 is 15.5 Å². The maximum atomic E-state index is 12.2. The number of nitrogens with zero attached hydrogens (tertiary/aromatic N) is 1. The smallest absolute Gasteiger partial charge is 0.182 e. The molecule has 0 fully saturated rings. The minimum absolute atomic E-state index is 0.0782. The van der Waals surface area contributed by atoms with Gasteiger partial charge in [-0.05, 0) is 30.5 Å². The fourth-order valence-electron chi connectivity index (χ4n) is 2.17. The highest BCUT2D eigenvalue weighted by Gasteiger charge is 2.29. The number of fused-ring (bicyclic) bond motifs is 1. The van der Waals surface area contributed by atoms with Crippen LogP contribution in [-0.2, 0) is 16.3 Å². The SMILES string of the molecule is CCc1ccc2c(c1)S(=O)(=O)CC(CCC#N)N2. The van der Waals surface area contributed by atoms with E-state index in [0.717, 1.165) is 12.0 Å². The van der Waals surface area contributed by atoms with Gasteiger partial charge in [0.2, 0.25) is 0 Å². The maximum Gasteiger partial charge on any atom is 0.182 e. The molecule has 0 saturated heterocycles. The van der Waals surface area contributed by atoms with Crippen molar-refractivity contribution in [2.75, 3.05) is 11.1 Å². The second-order valence-corrected chi connectivity index (χ2v) is 6.51. The molecular formula is C13H16N2O2S. The average Bonchev–Trinajstić information content (AvgIpc) is 2.35. The first-order chi connectivity index (χ1) is 8.56. The molecule has 0 bridgehead atoms. The minimum atomic E-state index is -3.23. The molecule has 0 spiro atoms. The lowest BCUT2D eigenvalue weighted by Crippen LogP contribution is -2.34. The minimum Gasteiger partial charge on any atom is -0.380 e. The Morgan fingerprint density at radius 2 is 2.28 bits per heavy atom. The van der Waals surface area contributed by atoms with Crippen LogP contribution in [0.2, 0.25) is 0 Å². The average molecular weight is 264 g/mol. The fraction of sp³-hybridized carbons (Fsp3) is 0.462. The number of nitrogens with one attached hydrogen (secondary N) is 1. The van der Waals surface area contributed by atoms with E-state index < -0.39 is 9.84 Å². The van der Waals surface area contributed by atoms with Gasteiger partial charge >= 0.3 is 0 Å². The second kappa shape index (κ2) is 4.99. The zero-order valence-electron chi connectivity index (χ0n) is 10.3. The Morgan fingerprint density at radius 3 is 2.94 bits per heavy atom. The van der Waals surface area contributed by atoms with Crippen LogP contribution in [0.25, 0.3) is 0 Å². The van der Waals surface area contributed by atoms with Gasteiger partial charge in [0.15, 0.2) is 9.84 Å². The fourth-order valence-corrected chi connectivity index (χ4v) is 3.93. The highest BCUT2D eigenvalue weighted by molar-refractivity contribution is 7.91. The third-order valence-corrected chi connectivity index (χ3v) is 5.02. The van der Waals surface area contributed by atoms with Crippen LogP contribution in [0.4, 0.5) is 5.69 Å². The number of nitriles is 1. The van der Waals surface area contributed by atoms with Crippen LogP contribution in [0.5, 0.6) is 0 Å². The third-order valence-electron chi connectivity index (χ3n) is 3.17. The first-order valence-corrected chi connectivity index (χ1v) is 7.71. The van der Waals surface area contributed by atoms with E-state index >= 15 is 0 Å². The molecular weight excluding hydrogens is 248 g/mol. The zero-order valence-corrected chi connectivity index (χ0v) is 11.1. The number of benzene rings is 1. The summed E-state index contributed by atoms with van der Waals surface area (Å²) in [5.74, 6) is 0.0782. The highest BCUT2D eigenvalue weighted by Crippen LogP contribution is 2.30. The predicted octanol–water partition coefficient (Wildman–Crippen LogP) is 2.12. The summed E-state index contributed by atoms with van der Waals surface area (Å²) in [6.45, 7) is 2.00. The van der Waals surface area contributed by atoms with Crippen molar-refractivity contribution in [3.63, 3.8) is 0 Å². The van der Waals surface area contributed by atoms with Gasteiger partial charge in [-0.2, -0.15) is 5.26 Å². The van der Waals surface area contributed by atoms with Crippen LogP contribution >= 0.6 is 0 Å². The van der Waals surface area contributed by atoms with Gasteiger partial charge in [0.25, 0.3) is 0 Å². The van der Waals surface area contributed by atoms with Crippen molar-refractivity contribution in [1.82, 2.24) is 0 Å². The number of anilines is 1.